The molecule has 0 saturated carbocycles. The summed E-state index contributed by atoms with van der Waals surface area (Å²) in [6.07, 6.45) is -1.11. The number of phenols is 1. The molecule has 3 aromatic carbocycles. The van der Waals surface area contributed by atoms with Gasteiger partial charge in [-0.3, -0.25) is 4.79 Å². The average molecular weight is 479 g/mol. The first-order chi connectivity index (χ1) is 16.7. The van der Waals surface area contributed by atoms with Crippen molar-refractivity contribution in [1.29, 1.82) is 0 Å². The average Bonchev–Trinajstić information content (AvgIpc) is 3.11. The van der Waals surface area contributed by atoms with Gasteiger partial charge in [-0.1, -0.05) is 24.3 Å². The largest absolute Gasteiger partial charge is 0.507 e. The van der Waals surface area contributed by atoms with Crippen LogP contribution in [0.5, 0.6) is 11.5 Å². The molecule has 0 radical (unpaired) electrons. The number of nitrogens with zero attached hydrogens (tertiary/aromatic N) is 1. The van der Waals surface area contributed by atoms with E-state index in [0.29, 0.717) is 16.9 Å². The molecule has 0 bridgehead atoms. The number of aromatic hydroxyl groups is 1. The molecule has 4 aromatic rings. The summed E-state index contributed by atoms with van der Waals surface area (Å²) in [5.74, 6) is -1.42. The van der Waals surface area contributed by atoms with Crippen LogP contribution in [-0.4, -0.2) is 34.1 Å². The second kappa shape index (κ2) is 9.58. The third kappa shape index (κ3) is 4.87. The van der Waals surface area contributed by atoms with Crippen LogP contribution in [0.1, 0.15) is 39.0 Å². The Balaban J connectivity index is 1.55. The van der Waals surface area contributed by atoms with Gasteiger partial charge in [0.15, 0.2) is 6.10 Å². The smallest absolute Gasteiger partial charge is 0.387 e. The molecule has 0 saturated heterocycles. The summed E-state index contributed by atoms with van der Waals surface area (Å²) < 4.78 is 36.4. The number of phenolic OH excluding ortho intramolecular Hbond substituents is 1. The number of Topliss-reactive ketones (excluding diaryl/α,β-unsaturated/α-hetero) is 1. The second-order valence-electron chi connectivity index (χ2n) is 8.12. The molecule has 0 aliphatic rings. The molecule has 1 aromatic heterocycles. The number of benzene rings is 3. The van der Waals surface area contributed by atoms with Crippen molar-refractivity contribution in [3.05, 3.63) is 89.2 Å². The lowest BCUT2D eigenvalue weighted by molar-refractivity contribution is -0.0498. The van der Waals surface area contributed by atoms with Gasteiger partial charge in [0.05, 0.1) is 0 Å². The first-order valence-electron chi connectivity index (χ1n) is 10.9. The summed E-state index contributed by atoms with van der Waals surface area (Å²) in [4.78, 5) is 25.9. The fourth-order valence-electron chi connectivity index (χ4n) is 4.07. The quantitative estimate of drug-likeness (QED) is 0.261. The molecule has 4 rings (SSSR count). The van der Waals surface area contributed by atoms with Gasteiger partial charge in [0.1, 0.15) is 17.1 Å². The number of rotatable bonds is 7. The van der Waals surface area contributed by atoms with E-state index in [4.69, 9.17) is 4.74 Å². The zero-order valence-electron chi connectivity index (χ0n) is 19.3. The van der Waals surface area contributed by atoms with Crippen LogP contribution in [0.25, 0.3) is 16.5 Å². The molecule has 180 valence electrons. The maximum atomic E-state index is 13.1. The van der Waals surface area contributed by atoms with E-state index in [1.807, 2.05) is 18.2 Å². The van der Waals surface area contributed by atoms with E-state index in [9.17, 15) is 23.5 Å². The van der Waals surface area contributed by atoms with Gasteiger partial charge in [-0.2, -0.15) is 8.78 Å². The summed E-state index contributed by atoms with van der Waals surface area (Å²) >= 11 is 0. The van der Waals surface area contributed by atoms with E-state index in [2.05, 4.69) is 4.74 Å². The Labute approximate surface area is 200 Å². The Kier molecular flexibility index (Phi) is 6.55. The Bertz CT molecular complexity index is 1410. The monoisotopic (exact) mass is 479 g/mol. The van der Waals surface area contributed by atoms with Crippen LogP contribution >= 0.6 is 0 Å². The summed E-state index contributed by atoms with van der Waals surface area (Å²) in [5.41, 5.74) is 2.33. The lowest BCUT2D eigenvalue weighted by Gasteiger charge is -2.14. The van der Waals surface area contributed by atoms with Crippen LogP contribution in [0.2, 0.25) is 0 Å². The van der Waals surface area contributed by atoms with Gasteiger partial charge in [-0.15, -0.1) is 0 Å². The number of hydrogen-bond acceptors (Lipinski definition) is 5. The number of alkyl halides is 2. The van der Waals surface area contributed by atoms with Crippen LogP contribution in [0, 0.1) is 13.8 Å². The molecule has 0 fully saturated rings. The summed E-state index contributed by atoms with van der Waals surface area (Å²) in [6, 6.07) is 18.0. The second-order valence-corrected chi connectivity index (χ2v) is 8.12. The first-order valence-corrected chi connectivity index (χ1v) is 10.9. The van der Waals surface area contributed by atoms with E-state index in [1.165, 1.54) is 31.2 Å². The van der Waals surface area contributed by atoms with Crippen molar-refractivity contribution in [1.82, 2.24) is 4.57 Å². The van der Waals surface area contributed by atoms with Crippen molar-refractivity contribution in [3.63, 3.8) is 0 Å². The highest BCUT2D eigenvalue weighted by Crippen LogP contribution is 2.28. The van der Waals surface area contributed by atoms with Crippen LogP contribution in [0.15, 0.2) is 66.7 Å². The fourth-order valence-corrected chi connectivity index (χ4v) is 4.07. The molecule has 1 N–H and O–H groups in total. The van der Waals surface area contributed by atoms with Crippen molar-refractivity contribution < 1.29 is 33.0 Å². The van der Waals surface area contributed by atoms with Crippen molar-refractivity contribution >= 4 is 22.5 Å². The molecule has 1 heterocycles. The summed E-state index contributed by atoms with van der Waals surface area (Å²) in [5, 5.41) is 11.8. The van der Waals surface area contributed by atoms with Crippen molar-refractivity contribution in [2.45, 2.75) is 33.5 Å². The van der Waals surface area contributed by atoms with Gasteiger partial charge in [0.25, 0.3) is 0 Å². The standard InChI is InChI=1S/C27H23F2NO5/c1-15-12-22(16(2)30(15)20-8-10-21(11-9-20)35-27(28)29)25(32)17(3)34-26(33)23-13-18-6-4-5-7-19(18)14-24(23)31/h4-14,17,27,31H,1-3H3. The van der Waals surface area contributed by atoms with Crippen molar-refractivity contribution in [2.24, 2.45) is 0 Å². The predicted octanol–water partition coefficient (Wildman–Crippen LogP) is 5.98. The van der Waals surface area contributed by atoms with Gasteiger partial charge < -0.3 is 19.1 Å². The topological polar surface area (TPSA) is 77.8 Å². The van der Waals surface area contributed by atoms with Crippen LogP contribution in [-0.2, 0) is 4.74 Å². The molecular formula is C27H23F2NO5. The SMILES string of the molecule is Cc1cc(C(=O)C(C)OC(=O)c2cc3ccccc3cc2O)c(C)n1-c1ccc(OC(F)F)cc1. The van der Waals surface area contributed by atoms with Gasteiger partial charge in [-0.25, -0.2) is 4.79 Å². The van der Waals surface area contributed by atoms with E-state index >= 15 is 0 Å². The first kappa shape index (κ1) is 23.9. The number of halogens is 2. The highest BCUT2D eigenvalue weighted by atomic mass is 19.3. The maximum absolute atomic E-state index is 13.1. The minimum Gasteiger partial charge on any atom is -0.507 e. The lowest BCUT2D eigenvalue weighted by atomic mass is 10.1. The molecule has 8 heteroatoms. The molecule has 6 nitrogen and oxygen atoms in total. The lowest BCUT2D eigenvalue weighted by Crippen LogP contribution is -2.25. The van der Waals surface area contributed by atoms with Crippen LogP contribution in [0.4, 0.5) is 8.78 Å². The maximum Gasteiger partial charge on any atom is 0.387 e. The van der Waals surface area contributed by atoms with E-state index in [1.54, 1.807) is 42.7 Å². The van der Waals surface area contributed by atoms with E-state index in [0.717, 1.165) is 16.5 Å². The zero-order valence-corrected chi connectivity index (χ0v) is 19.3. The van der Waals surface area contributed by atoms with Crippen molar-refractivity contribution in [2.75, 3.05) is 0 Å². The van der Waals surface area contributed by atoms with Gasteiger partial charge in [0, 0.05) is 22.6 Å². The number of aryl methyl sites for hydroxylation is 1. The minimum absolute atomic E-state index is 0.0278. The number of aromatic nitrogens is 1. The zero-order chi connectivity index (χ0) is 25.3. The Morgan fingerprint density at radius 1 is 0.914 bits per heavy atom. The molecule has 0 spiro atoms. The number of ketones is 1. The number of fused-ring (bicyclic) bond motifs is 1. The third-order valence-electron chi connectivity index (χ3n) is 5.75. The van der Waals surface area contributed by atoms with Crippen LogP contribution in [0.3, 0.4) is 0 Å². The summed E-state index contributed by atoms with van der Waals surface area (Å²) in [7, 11) is 0. The highest BCUT2D eigenvalue weighted by molar-refractivity contribution is 6.04. The number of ether oxygens (including phenoxy) is 2. The number of carbonyl (C=O) groups excluding carboxylic acids is 2. The molecule has 1 unspecified atom stereocenters. The Morgan fingerprint density at radius 2 is 1.54 bits per heavy atom. The molecule has 0 aliphatic heterocycles. The third-order valence-corrected chi connectivity index (χ3v) is 5.75. The molecule has 0 amide bonds. The van der Waals surface area contributed by atoms with Gasteiger partial charge >= 0.3 is 12.6 Å². The number of hydrogen-bond donors (Lipinski definition) is 1. The predicted molar refractivity (Wildman–Crippen MR) is 127 cm³/mol. The number of esters is 1. The van der Waals surface area contributed by atoms with E-state index < -0.39 is 24.5 Å². The number of carbonyl (C=O) groups is 2. The normalized spacial score (nSPS) is 12.1. The molecular weight excluding hydrogens is 456 g/mol. The Morgan fingerprint density at radius 3 is 2.17 bits per heavy atom. The molecule has 0 aliphatic carbocycles. The highest BCUT2D eigenvalue weighted by Gasteiger charge is 2.26. The minimum atomic E-state index is -2.92. The van der Waals surface area contributed by atoms with Crippen LogP contribution < -0.4 is 4.74 Å². The fraction of sp³-hybridized carbons (Fsp3) is 0.185. The van der Waals surface area contributed by atoms with E-state index in [-0.39, 0.29) is 17.1 Å². The molecule has 35 heavy (non-hydrogen) atoms. The summed E-state index contributed by atoms with van der Waals surface area (Å²) in [6.45, 7) is 2.10. The van der Waals surface area contributed by atoms with Gasteiger partial charge in [0.2, 0.25) is 5.78 Å². The Hall–Kier alpha value is -4.20. The van der Waals surface area contributed by atoms with Gasteiger partial charge in [-0.05, 0) is 74.0 Å². The van der Waals surface area contributed by atoms with Crippen molar-refractivity contribution in [3.8, 4) is 17.2 Å². The molecule has 1 atom stereocenters.